The molecule has 0 spiro atoms. The molecule has 7 heteroatoms. The molecule has 0 bridgehead atoms. The second-order valence-corrected chi connectivity index (χ2v) is 11.1. The van der Waals surface area contributed by atoms with Gasteiger partial charge in [0.1, 0.15) is 34.9 Å². The minimum Gasteiger partial charge on any atom is -0.262 e. The Morgan fingerprint density at radius 1 is 0.409 bits per heavy atom. The third-order valence-corrected chi connectivity index (χ3v) is 7.49. The maximum Gasteiger partial charge on any atom is 0.142 e. The predicted octanol–water partition coefficient (Wildman–Crippen LogP) is 9.41. The van der Waals surface area contributed by atoms with E-state index in [2.05, 4.69) is 86.0 Å². The Bertz CT molecular complexity index is 1430. The van der Waals surface area contributed by atoms with Crippen molar-refractivity contribution in [2.24, 2.45) is 0 Å². The van der Waals surface area contributed by atoms with Crippen molar-refractivity contribution in [1.82, 2.24) is 24.9 Å². The summed E-state index contributed by atoms with van der Waals surface area (Å²) in [4.78, 5) is 28.6. The van der Waals surface area contributed by atoms with Crippen LogP contribution in [0.2, 0.25) is 0 Å². The number of hydrogen-bond acceptors (Lipinski definition) is 7. The summed E-state index contributed by atoms with van der Waals surface area (Å²) < 4.78 is 0. The zero-order valence-corrected chi connectivity index (χ0v) is 26.4. The first-order valence-electron chi connectivity index (χ1n) is 16.0. The molecule has 5 aromatic rings. The standard InChI is InChI=1S/C37H43N7/c1-5-10-28-16-20-38-34(24-28)43(35-25-29(11-6-2)17-21-39-35)32-14-9-15-33(42-32)44(36-26-30(12-7-3)18-22-40-36)37-27-31(13-8-4)19-23-41-37/h9,14-27H,5-8,10-13H2,1-4H3. The van der Waals surface area contributed by atoms with E-state index in [4.69, 9.17) is 24.9 Å². The quantitative estimate of drug-likeness (QED) is 0.129. The first kappa shape index (κ1) is 30.8. The maximum atomic E-state index is 5.27. The van der Waals surface area contributed by atoms with Crippen molar-refractivity contribution in [3.05, 3.63) is 114 Å². The molecule has 0 aliphatic heterocycles. The van der Waals surface area contributed by atoms with Gasteiger partial charge >= 0.3 is 0 Å². The molecule has 0 amide bonds. The Labute approximate surface area is 262 Å². The second-order valence-electron chi connectivity index (χ2n) is 11.1. The van der Waals surface area contributed by atoms with Crippen LogP contribution in [0.1, 0.15) is 75.6 Å². The molecule has 0 N–H and O–H groups in total. The molecule has 5 aromatic heterocycles. The summed E-state index contributed by atoms with van der Waals surface area (Å²) in [6.45, 7) is 8.78. The van der Waals surface area contributed by atoms with Crippen molar-refractivity contribution in [3.63, 3.8) is 0 Å². The van der Waals surface area contributed by atoms with E-state index in [-0.39, 0.29) is 0 Å². The lowest BCUT2D eigenvalue weighted by Gasteiger charge is -2.26. The summed E-state index contributed by atoms with van der Waals surface area (Å²) in [5.41, 5.74) is 4.94. The molecule has 0 fully saturated rings. The minimum absolute atomic E-state index is 0.726. The largest absolute Gasteiger partial charge is 0.262 e. The lowest BCUT2D eigenvalue weighted by molar-refractivity contribution is 0.910. The van der Waals surface area contributed by atoms with Crippen LogP contribution in [0, 0.1) is 0 Å². The highest BCUT2D eigenvalue weighted by Crippen LogP contribution is 2.36. The summed E-state index contributed by atoms with van der Waals surface area (Å²) in [6.07, 6.45) is 15.7. The highest BCUT2D eigenvalue weighted by molar-refractivity contribution is 5.75. The number of pyridine rings is 5. The van der Waals surface area contributed by atoms with E-state index in [1.807, 2.05) is 43.0 Å². The lowest BCUT2D eigenvalue weighted by Crippen LogP contribution is -2.18. The maximum absolute atomic E-state index is 5.27. The minimum atomic E-state index is 0.726. The van der Waals surface area contributed by atoms with Gasteiger partial charge < -0.3 is 0 Å². The van der Waals surface area contributed by atoms with Gasteiger partial charge in [-0.3, -0.25) is 9.80 Å². The molecular formula is C37H43N7. The van der Waals surface area contributed by atoms with Gasteiger partial charge in [-0.25, -0.2) is 24.9 Å². The Kier molecular flexibility index (Phi) is 10.6. The van der Waals surface area contributed by atoms with E-state index in [0.29, 0.717) is 0 Å². The molecule has 0 aliphatic rings. The summed E-state index contributed by atoms with van der Waals surface area (Å²) in [7, 11) is 0. The smallest absolute Gasteiger partial charge is 0.142 e. The van der Waals surface area contributed by atoms with Gasteiger partial charge in [-0.2, -0.15) is 0 Å². The van der Waals surface area contributed by atoms with Crippen molar-refractivity contribution >= 4 is 34.9 Å². The Morgan fingerprint density at radius 3 is 0.977 bits per heavy atom. The SMILES string of the molecule is CCCc1ccnc(N(c2cc(CCC)ccn2)c2cccc(N(c3cc(CCC)ccn3)c3cc(CCC)ccn3)n2)c1. The number of nitrogens with zero attached hydrogens (tertiary/aromatic N) is 7. The van der Waals surface area contributed by atoms with E-state index < -0.39 is 0 Å². The first-order valence-corrected chi connectivity index (χ1v) is 16.0. The van der Waals surface area contributed by atoms with Crippen LogP contribution >= 0.6 is 0 Å². The van der Waals surface area contributed by atoms with Crippen LogP contribution < -0.4 is 9.80 Å². The first-order chi connectivity index (χ1) is 21.6. The average molecular weight is 586 g/mol. The predicted molar refractivity (Wildman–Crippen MR) is 181 cm³/mol. The second kappa shape index (κ2) is 15.2. The molecule has 5 heterocycles. The van der Waals surface area contributed by atoms with E-state index in [9.17, 15) is 0 Å². The molecule has 0 radical (unpaired) electrons. The average Bonchev–Trinajstić information content (AvgIpc) is 3.03. The fourth-order valence-electron chi connectivity index (χ4n) is 5.47. The van der Waals surface area contributed by atoms with Gasteiger partial charge in [0.25, 0.3) is 0 Å². The highest BCUT2D eigenvalue weighted by Gasteiger charge is 2.22. The molecular weight excluding hydrogens is 542 g/mol. The van der Waals surface area contributed by atoms with Gasteiger partial charge in [0.05, 0.1) is 0 Å². The van der Waals surface area contributed by atoms with Gasteiger partial charge in [0.2, 0.25) is 0 Å². The van der Waals surface area contributed by atoms with Crippen LogP contribution in [-0.4, -0.2) is 24.9 Å². The van der Waals surface area contributed by atoms with Gasteiger partial charge in [-0.15, -0.1) is 0 Å². The van der Waals surface area contributed by atoms with Crippen molar-refractivity contribution in [1.29, 1.82) is 0 Å². The molecule has 0 aliphatic carbocycles. The van der Waals surface area contributed by atoms with Crippen LogP contribution in [-0.2, 0) is 25.7 Å². The molecule has 0 unspecified atom stereocenters. The van der Waals surface area contributed by atoms with Crippen molar-refractivity contribution in [2.45, 2.75) is 79.1 Å². The summed E-state index contributed by atoms with van der Waals surface area (Å²) in [6, 6.07) is 23.0. The van der Waals surface area contributed by atoms with Gasteiger partial charge in [0, 0.05) is 24.8 Å². The molecule has 0 atom stereocenters. The fraction of sp³-hybridized carbons (Fsp3) is 0.324. The van der Waals surface area contributed by atoms with Gasteiger partial charge in [-0.05, 0) is 109 Å². The summed E-state index contributed by atoms with van der Waals surface area (Å²) in [5, 5.41) is 0. The molecule has 44 heavy (non-hydrogen) atoms. The molecule has 0 saturated heterocycles. The molecule has 5 rings (SSSR count). The number of anilines is 6. The van der Waals surface area contributed by atoms with E-state index in [0.717, 1.165) is 86.3 Å². The van der Waals surface area contributed by atoms with Crippen molar-refractivity contribution < 1.29 is 0 Å². The van der Waals surface area contributed by atoms with Crippen LogP contribution in [0.3, 0.4) is 0 Å². The zero-order chi connectivity index (χ0) is 30.7. The van der Waals surface area contributed by atoms with Crippen LogP contribution in [0.4, 0.5) is 34.9 Å². The lowest BCUT2D eigenvalue weighted by atomic mass is 10.1. The van der Waals surface area contributed by atoms with Crippen LogP contribution in [0.25, 0.3) is 0 Å². The molecule has 226 valence electrons. The third kappa shape index (κ3) is 7.46. The zero-order valence-electron chi connectivity index (χ0n) is 26.4. The topological polar surface area (TPSA) is 70.9 Å². The van der Waals surface area contributed by atoms with Crippen molar-refractivity contribution in [3.8, 4) is 0 Å². The number of hydrogen-bond donors (Lipinski definition) is 0. The molecule has 0 aromatic carbocycles. The molecule has 0 saturated carbocycles. The number of rotatable bonds is 14. The Morgan fingerprint density at radius 2 is 0.705 bits per heavy atom. The monoisotopic (exact) mass is 585 g/mol. The third-order valence-electron chi connectivity index (χ3n) is 7.49. The molecule has 7 nitrogen and oxygen atoms in total. The number of aryl methyl sites for hydroxylation is 4. The Balaban J connectivity index is 1.67. The van der Waals surface area contributed by atoms with Crippen LogP contribution in [0.5, 0.6) is 0 Å². The van der Waals surface area contributed by atoms with E-state index in [1.165, 1.54) is 22.3 Å². The normalized spacial score (nSPS) is 11.0. The van der Waals surface area contributed by atoms with Crippen molar-refractivity contribution in [2.75, 3.05) is 9.80 Å². The highest BCUT2D eigenvalue weighted by atomic mass is 15.3. The van der Waals surface area contributed by atoms with Gasteiger partial charge in [0.15, 0.2) is 0 Å². The fourth-order valence-corrected chi connectivity index (χ4v) is 5.47. The summed E-state index contributed by atoms with van der Waals surface area (Å²) in [5.74, 6) is 4.62. The number of aromatic nitrogens is 5. The van der Waals surface area contributed by atoms with Gasteiger partial charge in [-0.1, -0.05) is 59.4 Å². The van der Waals surface area contributed by atoms with Crippen LogP contribution in [0.15, 0.2) is 91.5 Å². The van der Waals surface area contributed by atoms with E-state index in [1.54, 1.807) is 0 Å². The Hall–Kier alpha value is -4.65. The van der Waals surface area contributed by atoms with E-state index >= 15 is 0 Å². The summed E-state index contributed by atoms with van der Waals surface area (Å²) >= 11 is 0.